The molecule has 1 rings (SSSR count). The van der Waals surface area contributed by atoms with Crippen LogP contribution in [-0.2, 0) is 9.59 Å². The zero-order valence-corrected chi connectivity index (χ0v) is 10.3. The molecule has 0 bridgehead atoms. The molecule has 0 saturated carbocycles. The van der Waals surface area contributed by atoms with Crippen LogP contribution in [0.2, 0.25) is 0 Å². The van der Waals surface area contributed by atoms with E-state index >= 15 is 0 Å². The molecule has 0 aliphatic heterocycles. The molecule has 2 N–H and O–H groups in total. The molecule has 1 aromatic rings. The molecule has 1 aromatic carbocycles. The Morgan fingerprint density at radius 3 is 2.44 bits per heavy atom. The number of hydrogen-bond acceptors (Lipinski definition) is 3. The standard InChI is InChI=1S/C12H12ClN3O2/c13-7-12(18)15-6-5-11(17)16-10-3-1-9(8-14)2-4-10/h1-4H,5-7H2,(H,15,18)(H,16,17). The minimum atomic E-state index is -0.303. The van der Waals surface area contributed by atoms with Crippen LogP contribution in [-0.4, -0.2) is 24.2 Å². The lowest BCUT2D eigenvalue weighted by Crippen LogP contribution is -2.28. The summed E-state index contributed by atoms with van der Waals surface area (Å²) < 4.78 is 0. The first kappa shape index (κ1) is 14.0. The highest BCUT2D eigenvalue weighted by Crippen LogP contribution is 2.08. The van der Waals surface area contributed by atoms with Gasteiger partial charge in [0.1, 0.15) is 5.88 Å². The Morgan fingerprint density at radius 1 is 1.22 bits per heavy atom. The summed E-state index contributed by atoms with van der Waals surface area (Å²) >= 11 is 5.29. The first-order valence-electron chi connectivity index (χ1n) is 5.28. The molecule has 0 saturated heterocycles. The van der Waals surface area contributed by atoms with Gasteiger partial charge in [-0.25, -0.2) is 0 Å². The van der Waals surface area contributed by atoms with Gasteiger partial charge in [0.15, 0.2) is 0 Å². The highest BCUT2D eigenvalue weighted by molar-refractivity contribution is 6.27. The van der Waals surface area contributed by atoms with Crippen molar-refractivity contribution in [2.75, 3.05) is 17.7 Å². The zero-order chi connectivity index (χ0) is 13.4. The third-order valence-corrected chi connectivity index (χ3v) is 2.34. The predicted molar refractivity (Wildman–Crippen MR) is 68.1 cm³/mol. The lowest BCUT2D eigenvalue weighted by Gasteiger charge is -2.05. The van der Waals surface area contributed by atoms with Gasteiger partial charge in [-0.3, -0.25) is 9.59 Å². The molecule has 0 atom stereocenters. The van der Waals surface area contributed by atoms with E-state index in [1.807, 2.05) is 6.07 Å². The van der Waals surface area contributed by atoms with Crippen LogP contribution in [0, 0.1) is 11.3 Å². The molecule has 94 valence electrons. The zero-order valence-electron chi connectivity index (χ0n) is 9.57. The van der Waals surface area contributed by atoms with Crippen molar-refractivity contribution in [1.29, 1.82) is 5.26 Å². The monoisotopic (exact) mass is 265 g/mol. The summed E-state index contributed by atoms with van der Waals surface area (Å²) in [6.07, 6.45) is 0.169. The Labute approximate surface area is 110 Å². The summed E-state index contributed by atoms with van der Waals surface area (Å²) in [6, 6.07) is 8.51. The molecular weight excluding hydrogens is 254 g/mol. The Bertz CT molecular complexity index is 465. The van der Waals surface area contributed by atoms with E-state index in [4.69, 9.17) is 16.9 Å². The van der Waals surface area contributed by atoms with Crippen molar-refractivity contribution in [2.45, 2.75) is 6.42 Å². The summed E-state index contributed by atoms with van der Waals surface area (Å²) in [5.41, 5.74) is 1.14. The normalized spacial score (nSPS) is 9.33. The van der Waals surface area contributed by atoms with Gasteiger partial charge in [0.05, 0.1) is 11.6 Å². The largest absolute Gasteiger partial charge is 0.355 e. The van der Waals surface area contributed by atoms with Gasteiger partial charge in [0, 0.05) is 18.7 Å². The number of nitrogens with zero attached hydrogens (tertiary/aromatic N) is 1. The van der Waals surface area contributed by atoms with Gasteiger partial charge in [0.25, 0.3) is 0 Å². The molecule has 0 spiro atoms. The van der Waals surface area contributed by atoms with Crippen LogP contribution < -0.4 is 10.6 Å². The smallest absolute Gasteiger partial charge is 0.234 e. The summed E-state index contributed by atoms with van der Waals surface area (Å²) in [6.45, 7) is 0.244. The van der Waals surface area contributed by atoms with Crippen LogP contribution in [0.3, 0.4) is 0 Å². The van der Waals surface area contributed by atoms with E-state index in [2.05, 4.69) is 10.6 Å². The maximum atomic E-state index is 11.5. The Kier molecular flexibility index (Phi) is 5.68. The molecule has 5 nitrogen and oxygen atoms in total. The first-order chi connectivity index (χ1) is 8.65. The fraction of sp³-hybridized carbons (Fsp3) is 0.250. The van der Waals surface area contributed by atoms with E-state index < -0.39 is 0 Å². The Balaban J connectivity index is 2.35. The molecule has 0 aromatic heterocycles. The lowest BCUT2D eigenvalue weighted by molar-refractivity contribution is -0.119. The third kappa shape index (κ3) is 4.85. The van der Waals surface area contributed by atoms with Gasteiger partial charge in [-0.15, -0.1) is 11.6 Å². The quantitative estimate of drug-likeness (QED) is 0.786. The van der Waals surface area contributed by atoms with Crippen LogP contribution >= 0.6 is 11.6 Å². The highest BCUT2D eigenvalue weighted by atomic mass is 35.5. The van der Waals surface area contributed by atoms with Gasteiger partial charge >= 0.3 is 0 Å². The molecule has 0 unspecified atom stereocenters. The fourth-order valence-electron chi connectivity index (χ4n) is 1.21. The van der Waals surface area contributed by atoms with E-state index in [9.17, 15) is 9.59 Å². The van der Waals surface area contributed by atoms with Crippen LogP contribution in [0.25, 0.3) is 0 Å². The average molecular weight is 266 g/mol. The second-order valence-electron chi connectivity index (χ2n) is 3.47. The first-order valence-corrected chi connectivity index (χ1v) is 5.82. The maximum absolute atomic E-state index is 11.5. The van der Waals surface area contributed by atoms with Gasteiger partial charge in [-0.2, -0.15) is 5.26 Å². The molecule has 0 fully saturated rings. The summed E-state index contributed by atoms with van der Waals surface area (Å²) in [7, 11) is 0. The van der Waals surface area contributed by atoms with E-state index in [1.165, 1.54) is 0 Å². The molecule has 0 aliphatic carbocycles. The topological polar surface area (TPSA) is 82.0 Å². The van der Waals surface area contributed by atoms with E-state index in [0.29, 0.717) is 11.3 Å². The van der Waals surface area contributed by atoms with E-state index in [-0.39, 0.29) is 30.7 Å². The van der Waals surface area contributed by atoms with Crippen molar-refractivity contribution in [3.63, 3.8) is 0 Å². The summed E-state index contributed by atoms with van der Waals surface area (Å²) in [5.74, 6) is -0.630. The summed E-state index contributed by atoms with van der Waals surface area (Å²) in [5, 5.41) is 13.8. The van der Waals surface area contributed by atoms with Crippen molar-refractivity contribution in [3.8, 4) is 6.07 Å². The number of anilines is 1. The Hall–Kier alpha value is -2.06. The Morgan fingerprint density at radius 2 is 1.89 bits per heavy atom. The number of nitriles is 1. The van der Waals surface area contributed by atoms with Gasteiger partial charge < -0.3 is 10.6 Å². The van der Waals surface area contributed by atoms with Crippen molar-refractivity contribution >= 4 is 29.1 Å². The molecule has 2 amide bonds. The van der Waals surface area contributed by atoms with Gasteiger partial charge in [-0.05, 0) is 24.3 Å². The number of amides is 2. The number of benzene rings is 1. The predicted octanol–water partition coefficient (Wildman–Crippen LogP) is 1.24. The third-order valence-electron chi connectivity index (χ3n) is 2.09. The molecule has 0 aliphatic rings. The number of alkyl halides is 1. The fourth-order valence-corrected chi connectivity index (χ4v) is 1.31. The minimum Gasteiger partial charge on any atom is -0.355 e. The number of hydrogen-bond donors (Lipinski definition) is 2. The van der Waals surface area contributed by atoms with Gasteiger partial charge in [-0.1, -0.05) is 0 Å². The highest BCUT2D eigenvalue weighted by Gasteiger charge is 2.03. The molecule has 18 heavy (non-hydrogen) atoms. The SMILES string of the molecule is N#Cc1ccc(NC(=O)CCNC(=O)CCl)cc1. The van der Waals surface area contributed by atoms with Crippen molar-refractivity contribution in [2.24, 2.45) is 0 Å². The van der Waals surface area contributed by atoms with Crippen molar-refractivity contribution in [3.05, 3.63) is 29.8 Å². The van der Waals surface area contributed by atoms with E-state index in [0.717, 1.165) is 0 Å². The van der Waals surface area contributed by atoms with Crippen molar-refractivity contribution in [1.82, 2.24) is 5.32 Å². The lowest BCUT2D eigenvalue weighted by atomic mass is 10.2. The van der Waals surface area contributed by atoms with Crippen LogP contribution in [0.4, 0.5) is 5.69 Å². The van der Waals surface area contributed by atoms with Crippen LogP contribution in [0.15, 0.2) is 24.3 Å². The maximum Gasteiger partial charge on any atom is 0.234 e. The number of carbonyl (C=O) groups is 2. The number of carbonyl (C=O) groups excluding carboxylic acids is 2. The molecule has 0 radical (unpaired) electrons. The van der Waals surface area contributed by atoms with Crippen LogP contribution in [0.5, 0.6) is 0 Å². The van der Waals surface area contributed by atoms with Crippen LogP contribution in [0.1, 0.15) is 12.0 Å². The molecule has 6 heteroatoms. The second kappa shape index (κ2) is 7.30. The number of nitrogens with one attached hydrogen (secondary N) is 2. The number of halogens is 1. The second-order valence-corrected chi connectivity index (χ2v) is 3.74. The molecule has 0 heterocycles. The van der Waals surface area contributed by atoms with Crippen molar-refractivity contribution < 1.29 is 9.59 Å². The number of rotatable bonds is 5. The van der Waals surface area contributed by atoms with Gasteiger partial charge in [0.2, 0.25) is 11.8 Å². The average Bonchev–Trinajstić information content (AvgIpc) is 2.39. The van der Waals surface area contributed by atoms with E-state index in [1.54, 1.807) is 24.3 Å². The summed E-state index contributed by atoms with van der Waals surface area (Å²) in [4.78, 5) is 22.3. The minimum absolute atomic E-state index is 0.114. The molecular formula is C12H12ClN3O2.